The molecule has 6 heteroatoms. The molecule has 21 heavy (non-hydrogen) atoms. The molecule has 1 heterocycles. The van der Waals surface area contributed by atoms with Crippen molar-refractivity contribution in [3.05, 3.63) is 23.4 Å². The largest absolute Gasteiger partial charge is 0.335 e. The minimum Gasteiger partial charge on any atom is -0.335 e. The monoisotopic (exact) mass is 293 g/mol. The van der Waals surface area contributed by atoms with E-state index in [0.29, 0.717) is 17.9 Å². The van der Waals surface area contributed by atoms with E-state index in [4.69, 9.17) is 5.84 Å². The molecule has 0 bridgehead atoms. The van der Waals surface area contributed by atoms with Crippen molar-refractivity contribution in [2.75, 3.05) is 32.6 Å². The quantitative estimate of drug-likeness (QED) is 0.586. The van der Waals surface area contributed by atoms with Crippen LogP contribution in [0.3, 0.4) is 0 Å². The third kappa shape index (κ3) is 4.68. The molecule has 1 aromatic rings. The maximum absolute atomic E-state index is 12.7. The molecule has 1 amide bonds. The van der Waals surface area contributed by atoms with Crippen LogP contribution in [0.15, 0.2) is 12.1 Å². The minimum atomic E-state index is 0.0143. The highest BCUT2D eigenvalue weighted by atomic mass is 16.2. The highest BCUT2D eigenvalue weighted by molar-refractivity contribution is 5.95. The summed E-state index contributed by atoms with van der Waals surface area (Å²) in [4.78, 5) is 21.0. The van der Waals surface area contributed by atoms with E-state index in [1.54, 1.807) is 6.07 Å². The molecule has 0 aliphatic heterocycles. The number of likely N-dealkylation sites (N-methyl/N-ethyl adjacent to an activating group) is 2. The molecule has 6 nitrogen and oxygen atoms in total. The standard InChI is InChI=1S/C15H27N5O/c1-6-13-8-12(9-14(17-13)18-16)15(21)20(7-2)11(3)10-19(4)5/h8-9,11H,6-7,10,16H2,1-5H3,(H,17,18). The molecule has 0 aliphatic carbocycles. The van der Waals surface area contributed by atoms with Gasteiger partial charge in [0.05, 0.1) is 0 Å². The number of nitrogens with zero attached hydrogens (tertiary/aromatic N) is 3. The molecule has 0 aromatic carbocycles. The van der Waals surface area contributed by atoms with Gasteiger partial charge >= 0.3 is 0 Å². The van der Waals surface area contributed by atoms with Crippen LogP contribution in [-0.4, -0.2) is 53.9 Å². The van der Waals surface area contributed by atoms with Crippen molar-refractivity contribution in [3.63, 3.8) is 0 Å². The van der Waals surface area contributed by atoms with Gasteiger partial charge in [-0.1, -0.05) is 6.92 Å². The second-order valence-electron chi connectivity index (χ2n) is 5.43. The Morgan fingerprint density at radius 2 is 2.05 bits per heavy atom. The highest BCUT2D eigenvalue weighted by Crippen LogP contribution is 2.14. The van der Waals surface area contributed by atoms with Crippen molar-refractivity contribution < 1.29 is 4.79 Å². The van der Waals surface area contributed by atoms with Gasteiger partial charge in [0, 0.05) is 30.4 Å². The first-order valence-corrected chi connectivity index (χ1v) is 7.36. The van der Waals surface area contributed by atoms with Crippen LogP contribution >= 0.6 is 0 Å². The Balaban J connectivity index is 3.04. The van der Waals surface area contributed by atoms with Crippen LogP contribution in [0.25, 0.3) is 0 Å². The molecule has 0 saturated heterocycles. The van der Waals surface area contributed by atoms with Crippen LogP contribution in [0, 0.1) is 0 Å². The van der Waals surface area contributed by atoms with E-state index >= 15 is 0 Å². The third-order valence-corrected chi connectivity index (χ3v) is 3.40. The summed E-state index contributed by atoms with van der Waals surface area (Å²) >= 11 is 0. The lowest BCUT2D eigenvalue weighted by atomic mass is 10.1. The predicted octanol–water partition coefficient (Wildman–Crippen LogP) is 1.34. The molecule has 1 unspecified atom stereocenters. The van der Waals surface area contributed by atoms with Gasteiger partial charge in [-0.2, -0.15) is 0 Å². The van der Waals surface area contributed by atoms with Crippen molar-refractivity contribution in [1.82, 2.24) is 14.8 Å². The zero-order chi connectivity index (χ0) is 16.0. The number of hydrogen-bond donors (Lipinski definition) is 2. The Bertz CT molecular complexity index is 453. The van der Waals surface area contributed by atoms with Gasteiger partial charge < -0.3 is 15.2 Å². The average Bonchev–Trinajstić information content (AvgIpc) is 2.46. The van der Waals surface area contributed by atoms with Crippen molar-refractivity contribution >= 4 is 11.7 Å². The van der Waals surface area contributed by atoms with Gasteiger partial charge in [-0.15, -0.1) is 0 Å². The number of hydrogen-bond acceptors (Lipinski definition) is 5. The molecule has 1 atom stereocenters. The summed E-state index contributed by atoms with van der Waals surface area (Å²) in [5, 5.41) is 0. The molecule has 0 fully saturated rings. The van der Waals surface area contributed by atoms with E-state index < -0.39 is 0 Å². The molecule has 0 saturated carbocycles. The second kappa shape index (κ2) is 7.95. The molecule has 0 aliphatic rings. The fourth-order valence-corrected chi connectivity index (χ4v) is 2.41. The van der Waals surface area contributed by atoms with E-state index in [-0.39, 0.29) is 11.9 Å². The molecule has 0 radical (unpaired) electrons. The number of amides is 1. The number of hydrazine groups is 1. The van der Waals surface area contributed by atoms with E-state index in [0.717, 1.165) is 18.7 Å². The number of rotatable bonds is 7. The Morgan fingerprint density at radius 3 is 2.52 bits per heavy atom. The fraction of sp³-hybridized carbons (Fsp3) is 0.600. The topological polar surface area (TPSA) is 74.5 Å². The molecular weight excluding hydrogens is 266 g/mol. The van der Waals surface area contributed by atoms with Crippen LogP contribution in [0.1, 0.15) is 36.8 Å². The van der Waals surface area contributed by atoms with Gasteiger partial charge in [-0.05, 0) is 46.5 Å². The molecule has 3 N–H and O–H groups in total. The summed E-state index contributed by atoms with van der Waals surface area (Å²) in [7, 11) is 4.01. The van der Waals surface area contributed by atoms with Gasteiger partial charge in [0.25, 0.3) is 5.91 Å². The normalized spacial score (nSPS) is 12.3. The number of nitrogens with one attached hydrogen (secondary N) is 1. The predicted molar refractivity (Wildman–Crippen MR) is 86.2 cm³/mol. The summed E-state index contributed by atoms with van der Waals surface area (Å²) in [6.07, 6.45) is 0.759. The van der Waals surface area contributed by atoms with E-state index in [1.165, 1.54) is 0 Å². The number of nitrogen functional groups attached to an aromatic ring is 1. The van der Waals surface area contributed by atoms with Gasteiger partial charge in [-0.3, -0.25) is 4.79 Å². The SMILES string of the molecule is CCc1cc(C(=O)N(CC)C(C)CN(C)C)cc(NN)n1. The number of pyridine rings is 1. The van der Waals surface area contributed by atoms with Crippen LogP contribution < -0.4 is 11.3 Å². The van der Waals surface area contributed by atoms with Crippen molar-refractivity contribution in [2.45, 2.75) is 33.2 Å². The van der Waals surface area contributed by atoms with Crippen molar-refractivity contribution in [3.8, 4) is 0 Å². The third-order valence-electron chi connectivity index (χ3n) is 3.40. The summed E-state index contributed by atoms with van der Waals surface area (Å²) < 4.78 is 0. The van der Waals surface area contributed by atoms with Crippen LogP contribution in [0.5, 0.6) is 0 Å². The lowest BCUT2D eigenvalue weighted by Crippen LogP contribution is -2.43. The van der Waals surface area contributed by atoms with Crippen LogP contribution in [0.4, 0.5) is 5.82 Å². The first kappa shape index (κ1) is 17.4. The van der Waals surface area contributed by atoms with E-state index in [9.17, 15) is 4.79 Å². The van der Waals surface area contributed by atoms with Gasteiger partial charge in [0.2, 0.25) is 0 Å². The fourth-order valence-electron chi connectivity index (χ4n) is 2.41. The first-order valence-electron chi connectivity index (χ1n) is 7.36. The molecule has 0 spiro atoms. The molecular formula is C15H27N5O. The molecule has 1 aromatic heterocycles. The van der Waals surface area contributed by atoms with Gasteiger partial charge in [-0.25, -0.2) is 10.8 Å². The Labute approximate surface area is 127 Å². The van der Waals surface area contributed by atoms with Gasteiger partial charge in [0.15, 0.2) is 0 Å². The van der Waals surface area contributed by atoms with Crippen molar-refractivity contribution in [1.29, 1.82) is 0 Å². The smallest absolute Gasteiger partial charge is 0.254 e. The van der Waals surface area contributed by atoms with Crippen molar-refractivity contribution in [2.24, 2.45) is 5.84 Å². The lowest BCUT2D eigenvalue weighted by Gasteiger charge is -2.30. The highest BCUT2D eigenvalue weighted by Gasteiger charge is 2.21. The van der Waals surface area contributed by atoms with E-state index in [1.807, 2.05) is 38.9 Å². The number of carbonyl (C=O) groups excluding carboxylic acids is 1. The van der Waals surface area contributed by atoms with Crippen LogP contribution in [0.2, 0.25) is 0 Å². The first-order chi connectivity index (χ1) is 9.92. The Morgan fingerprint density at radius 1 is 1.38 bits per heavy atom. The molecule has 118 valence electrons. The average molecular weight is 293 g/mol. The zero-order valence-corrected chi connectivity index (χ0v) is 13.7. The Hall–Kier alpha value is -1.66. The number of aromatic nitrogens is 1. The maximum atomic E-state index is 12.7. The number of anilines is 1. The zero-order valence-electron chi connectivity index (χ0n) is 13.7. The summed E-state index contributed by atoms with van der Waals surface area (Å²) in [6.45, 7) is 7.55. The minimum absolute atomic E-state index is 0.0143. The maximum Gasteiger partial charge on any atom is 0.254 e. The summed E-state index contributed by atoms with van der Waals surface area (Å²) in [5.41, 5.74) is 4.00. The second-order valence-corrected chi connectivity index (χ2v) is 5.43. The number of nitrogens with two attached hydrogens (primary N) is 1. The van der Waals surface area contributed by atoms with Gasteiger partial charge in [0.1, 0.15) is 5.82 Å². The number of aryl methyl sites for hydroxylation is 1. The summed E-state index contributed by atoms with van der Waals surface area (Å²) in [5.74, 6) is 5.97. The lowest BCUT2D eigenvalue weighted by molar-refractivity contribution is 0.0679. The molecule has 1 rings (SSSR count). The summed E-state index contributed by atoms with van der Waals surface area (Å²) in [6, 6.07) is 3.69. The number of carbonyl (C=O) groups is 1. The van der Waals surface area contributed by atoms with E-state index in [2.05, 4.69) is 22.2 Å². The van der Waals surface area contributed by atoms with Crippen LogP contribution in [-0.2, 0) is 6.42 Å². The Kier molecular flexibility index (Phi) is 6.58.